The van der Waals surface area contributed by atoms with Crippen LogP contribution in [0, 0.1) is 10.1 Å². The fraction of sp³-hybridized carbons (Fsp3) is 0.500. The van der Waals surface area contributed by atoms with Crippen molar-refractivity contribution in [3.8, 4) is 5.75 Å². The number of fused-ring (bicyclic) bond motifs is 1. The maximum Gasteiger partial charge on any atom is 0.219 e. The van der Waals surface area contributed by atoms with Gasteiger partial charge in [0.05, 0.1) is 12.5 Å². The minimum atomic E-state index is -0.495. The summed E-state index contributed by atoms with van der Waals surface area (Å²) in [6.07, 6.45) is 1.29. The summed E-state index contributed by atoms with van der Waals surface area (Å²) in [7, 11) is 0. The van der Waals surface area contributed by atoms with Crippen LogP contribution in [0.5, 0.6) is 5.75 Å². The van der Waals surface area contributed by atoms with Gasteiger partial charge >= 0.3 is 0 Å². The first-order valence-electron chi connectivity index (χ1n) is 5.59. The first-order chi connectivity index (χ1) is 7.74. The molecule has 1 heterocycles. The van der Waals surface area contributed by atoms with Crippen LogP contribution in [-0.2, 0) is 0 Å². The van der Waals surface area contributed by atoms with Crippen molar-refractivity contribution in [2.24, 2.45) is 0 Å². The third kappa shape index (κ3) is 1.87. The van der Waals surface area contributed by atoms with Gasteiger partial charge < -0.3 is 4.74 Å². The Morgan fingerprint density at radius 1 is 1.56 bits per heavy atom. The summed E-state index contributed by atoms with van der Waals surface area (Å²) in [6, 6.07) is 7.13. The van der Waals surface area contributed by atoms with E-state index in [4.69, 9.17) is 4.74 Å². The minimum absolute atomic E-state index is 0.00931. The molecule has 2 rings (SSSR count). The summed E-state index contributed by atoms with van der Waals surface area (Å²) < 4.78 is 5.51. The quantitative estimate of drug-likeness (QED) is 0.582. The Hall–Kier alpha value is -1.58. The number of nitro groups is 1. The van der Waals surface area contributed by atoms with Crippen LogP contribution >= 0.6 is 0 Å². The Labute approximate surface area is 94.4 Å². The topological polar surface area (TPSA) is 52.4 Å². The molecule has 1 unspecified atom stereocenters. The van der Waals surface area contributed by atoms with Gasteiger partial charge in [-0.1, -0.05) is 25.1 Å². The van der Waals surface area contributed by atoms with Gasteiger partial charge in [0.25, 0.3) is 0 Å². The molecule has 0 saturated heterocycles. The number of nitrogens with zero attached hydrogens (tertiary/aromatic N) is 1. The van der Waals surface area contributed by atoms with E-state index in [-0.39, 0.29) is 10.8 Å². The van der Waals surface area contributed by atoms with Gasteiger partial charge in [-0.05, 0) is 12.5 Å². The summed E-state index contributed by atoms with van der Waals surface area (Å²) in [5, 5.41) is 11.0. The molecule has 0 saturated carbocycles. The van der Waals surface area contributed by atoms with Gasteiger partial charge in [-0.3, -0.25) is 10.1 Å². The Balaban J connectivity index is 2.34. The summed E-state index contributed by atoms with van der Waals surface area (Å²) in [4.78, 5) is 10.8. The van der Waals surface area contributed by atoms with Gasteiger partial charge in [0, 0.05) is 16.9 Å². The van der Waals surface area contributed by atoms with Crippen molar-refractivity contribution in [3.05, 3.63) is 39.9 Å². The lowest BCUT2D eigenvalue weighted by atomic mass is 9.86. The maximum atomic E-state index is 11.0. The first-order valence-corrected chi connectivity index (χ1v) is 5.59. The second kappa shape index (κ2) is 4.51. The Morgan fingerprint density at radius 2 is 2.31 bits per heavy atom. The fourth-order valence-corrected chi connectivity index (χ4v) is 2.35. The number of hydrogen-bond acceptors (Lipinski definition) is 3. The van der Waals surface area contributed by atoms with Crippen molar-refractivity contribution in [2.75, 3.05) is 6.61 Å². The third-order valence-corrected chi connectivity index (χ3v) is 3.16. The van der Waals surface area contributed by atoms with E-state index in [9.17, 15) is 10.1 Å². The highest BCUT2D eigenvalue weighted by atomic mass is 16.6. The summed E-state index contributed by atoms with van der Waals surface area (Å²) in [5.74, 6) is 0.795. The lowest BCUT2D eigenvalue weighted by Crippen LogP contribution is -2.30. The van der Waals surface area contributed by atoms with E-state index >= 15 is 0 Å². The average molecular weight is 221 g/mol. The Morgan fingerprint density at radius 3 is 3.00 bits per heavy atom. The van der Waals surface area contributed by atoms with Crippen molar-refractivity contribution in [2.45, 2.75) is 31.7 Å². The molecule has 16 heavy (non-hydrogen) atoms. The van der Waals surface area contributed by atoms with E-state index in [0.29, 0.717) is 13.0 Å². The molecule has 2 atom stereocenters. The van der Waals surface area contributed by atoms with Crippen molar-refractivity contribution < 1.29 is 9.66 Å². The molecule has 0 fully saturated rings. The van der Waals surface area contributed by atoms with E-state index in [1.165, 1.54) is 0 Å². The highest BCUT2D eigenvalue weighted by Gasteiger charge is 2.34. The smallest absolute Gasteiger partial charge is 0.219 e. The number of hydrogen-bond donors (Lipinski definition) is 0. The fourth-order valence-electron chi connectivity index (χ4n) is 2.35. The first kappa shape index (κ1) is 10.9. The Kier molecular flexibility index (Phi) is 3.08. The molecular formula is C12H15NO3. The Bertz CT molecular complexity index is 392. The van der Waals surface area contributed by atoms with E-state index in [2.05, 4.69) is 0 Å². The second-order valence-corrected chi connectivity index (χ2v) is 4.04. The lowest BCUT2D eigenvalue weighted by molar-refractivity contribution is -0.527. The van der Waals surface area contributed by atoms with Crippen LogP contribution in [0.4, 0.5) is 0 Å². The standard InChI is InChI=1S/C12H15NO3/c1-2-11(13(14)15)9-7-8-16-12-6-4-3-5-10(9)12/h3-6,9,11H,2,7-8H2,1H3/t9-,11?/m0/s1. The predicted molar refractivity (Wildman–Crippen MR) is 60.4 cm³/mol. The molecule has 1 aromatic carbocycles. The molecule has 1 aliphatic rings. The third-order valence-electron chi connectivity index (χ3n) is 3.16. The van der Waals surface area contributed by atoms with Crippen LogP contribution in [0.3, 0.4) is 0 Å². The zero-order chi connectivity index (χ0) is 11.5. The molecule has 1 aliphatic heterocycles. The molecule has 86 valence electrons. The molecule has 0 N–H and O–H groups in total. The molecule has 4 nitrogen and oxygen atoms in total. The predicted octanol–water partition coefficient (Wildman–Crippen LogP) is 2.61. The lowest BCUT2D eigenvalue weighted by Gasteiger charge is -2.27. The van der Waals surface area contributed by atoms with Crippen molar-refractivity contribution in [3.63, 3.8) is 0 Å². The van der Waals surface area contributed by atoms with Crippen LogP contribution < -0.4 is 4.74 Å². The number of benzene rings is 1. The van der Waals surface area contributed by atoms with Crippen molar-refractivity contribution >= 4 is 0 Å². The average Bonchev–Trinajstić information content (AvgIpc) is 2.30. The number of rotatable bonds is 3. The van der Waals surface area contributed by atoms with E-state index in [1.54, 1.807) is 0 Å². The highest BCUT2D eigenvalue weighted by molar-refractivity contribution is 5.38. The van der Waals surface area contributed by atoms with Gasteiger partial charge in [0.15, 0.2) is 0 Å². The highest BCUT2D eigenvalue weighted by Crippen LogP contribution is 2.37. The molecule has 1 aromatic rings. The molecule has 4 heteroatoms. The van der Waals surface area contributed by atoms with Crippen LogP contribution in [0.2, 0.25) is 0 Å². The minimum Gasteiger partial charge on any atom is -0.493 e. The molecule has 0 aliphatic carbocycles. The van der Waals surface area contributed by atoms with Crippen LogP contribution in [-0.4, -0.2) is 17.6 Å². The van der Waals surface area contributed by atoms with Crippen LogP contribution in [0.15, 0.2) is 24.3 Å². The van der Waals surface area contributed by atoms with Gasteiger partial charge in [-0.15, -0.1) is 0 Å². The van der Waals surface area contributed by atoms with Gasteiger partial charge in [0.1, 0.15) is 5.75 Å². The van der Waals surface area contributed by atoms with E-state index in [1.807, 2.05) is 31.2 Å². The number of para-hydroxylation sites is 1. The zero-order valence-corrected chi connectivity index (χ0v) is 9.26. The summed E-state index contributed by atoms with van der Waals surface area (Å²) in [6.45, 7) is 2.44. The molecule has 0 radical (unpaired) electrons. The van der Waals surface area contributed by atoms with Gasteiger partial charge in [-0.2, -0.15) is 0 Å². The molecule has 0 aromatic heterocycles. The maximum absolute atomic E-state index is 11.0. The van der Waals surface area contributed by atoms with E-state index < -0.39 is 6.04 Å². The largest absolute Gasteiger partial charge is 0.493 e. The van der Waals surface area contributed by atoms with Crippen LogP contribution in [0.1, 0.15) is 31.2 Å². The molecular weight excluding hydrogens is 206 g/mol. The van der Waals surface area contributed by atoms with Crippen molar-refractivity contribution in [1.29, 1.82) is 0 Å². The summed E-state index contributed by atoms with van der Waals surface area (Å²) in [5.41, 5.74) is 0.984. The zero-order valence-electron chi connectivity index (χ0n) is 9.26. The molecule has 0 spiro atoms. The monoisotopic (exact) mass is 221 g/mol. The van der Waals surface area contributed by atoms with Crippen molar-refractivity contribution in [1.82, 2.24) is 0 Å². The molecule has 0 bridgehead atoms. The van der Waals surface area contributed by atoms with Gasteiger partial charge in [0.2, 0.25) is 6.04 Å². The number of ether oxygens (including phenoxy) is 1. The normalized spacial score (nSPS) is 20.7. The van der Waals surface area contributed by atoms with Crippen LogP contribution in [0.25, 0.3) is 0 Å². The SMILES string of the molecule is CCC([C@H]1CCOc2ccccc21)[N+](=O)[O-]. The summed E-state index contributed by atoms with van der Waals surface area (Å²) >= 11 is 0. The van der Waals surface area contributed by atoms with Gasteiger partial charge in [-0.25, -0.2) is 0 Å². The second-order valence-electron chi connectivity index (χ2n) is 4.04. The van der Waals surface area contributed by atoms with E-state index in [0.717, 1.165) is 17.7 Å². The molecule has 0 amide bonds.